The van der Waals surface area contributed by atoms with E-state index in [0.29, 0.717) is 0 Å². The number of hydrogen-bond acceptors (Lipinski definition) is 3. The highest BCUT2D eigenvalue weighted by Crippen LogP contribution is 2.31. The first-order valence-electron chi connectivity index (χ1n) is 8.88. The van der Waals surface area contributed by atoms with Gasteiger partial charge in [-0.1, -0.05) is 84.6 Å². The summed E-state index contributed by atoms with van der Waals surface area (Å²) >= 11 is 1.74. The molecule has 0 amide bonds. The third-order valence-corrected chi connectivity index (χ3v) is 5.70. The predicted molar refractivity (Wildman–Crippen MR) is 112 cm³/mol. The van der Waals surface area contributed by atoms with Gasteiger partial charge in [-0.15, -0.1) is 0 Å². The van der Waals surface area contributed by atoms with Crippen LogP contribution in [0.5, 0.6) is 0 Å². The van der Waals surface area contributed by atoms with E-state index >= 15 is 0 Å². The van der Waals surface area contributed by atoms with E-state index in [4.69, 9.17) is 5.10 Å². The van der Waals surface area contributed by atoms with Gasteiger partial charge in [0, 0.05) is 23.7 Å². The first-order chi connectivity index (χ1) is 13.4. The van der Waals surface area contributed by atoms with Crippen LogP contribution in [0.2, 0.25) is 0 Å². The van der Waals surface area contributed by atoms with Crippen molar-refractivity contribution < 1.29 is 0 Å². The lowest BCUT2D eigenvalue weighted by molar-refractivity contribution is 0.921. The molecule has 0 unspecified atom stereocenters. The van der Waals surface area contributed by atoms with E-state index < -0.39 is 0 Å². The topological polar surface area (TPSA) is 30.2 Å². The second-order valence-electron chi connectivity index (χ2n) is 6.39. The molecule has 2 heterocycles. The Hall–Kier alpha value is -3.11. The molecule has 5 rings (SSSR count). The molecule has 0 bridgehead atoms. The lowest BCUT2D eigenvalue weighted by atomic mass is 10.0. The molecule has 27 heavy (non-hydrogen) atoms. The van der Waals surface area contributed by atoms with Gasteiger partial charge < -0.3 is 0 Å². The molecule has 3 nitrogen and oxygen atoms in total. The first-order valence-corrected chi connectivity index (χ1v) is 9.86. The maximum absolute atomic E-state index is 4.81. The van der Waals surface area contributed by atoms with E-state index in [1.165, 1.54) is 16.3 Å². The fraction of sp³-hybridized carbons (Fsp3) is 0.0435. The second kappa shape index (κ2) is 6.89. The molecule has 0 saturated carbocycles. The van der Waals surface area contributed by atoms with Crippen LogP contribution in [-0.2, 0) is 5.75 Å². The van der Waals surface area contributed by atoms with Gasteiger partial charge in [0.15, 0.2) is 0 Å². The molecule has 0 radical (unpaired) electrons. The zero-order valence-corrected chi connectivity index (χ0v) is 15.4. The molecule has 2 aromatic heterocycles. The Balaban J connectivity index is 1.56. The van der Waals surface area contributed by atoms with Crippen molar-refractivity contribution in [2.75, 3.05) is 0 Å². The Morgan fingerprint density at radius 2 is 1.67 bits per heavy atom. The zero-order valence-electron chi connectivity index (χ0n) is 14.6. The van der Waals surface area contributed by atoms with Crippen LogP contribution in [0.1, 0.15) is 5.56 Å². The van der Waals surface area contributed by atoms with Crippen LogP contribution >= 0.6 is 11.8 Å². The highest BCUT2D eigenvalue weighted by atomic mass is 32.2. The third-order valence-electron chi connectivity index (χ3n) is 4.64. The number of nitrogens with zero attached hydrogens (tertiary/aromatic N) is 3. The number of aromatic nitrogens is 3. The summed E-state index contributed by atoms with van der Waals surface area (Å²) in [6.07, 6.45) is 3.73. The van der Waals surface area contributed by atoms with Crippen LogP contribution in [0.4, 0.5) is 0 Å². The van der Waals surface area contributed by atoms with Gasteiger partial charge in [-0.05, 0) is 22.4 Å². The highest BCUT2D eigenvalue weighted by molar-refractivity contribution is 7.98. The van der Waals surface area contributed by atoms with Crippen molar-refractivity contribution in [2.45, 2.75) is 10.8 Å². The summed E-state index contributed by atoms with van der Waals surface area (Å²) in [5, 5.41) is 8.26. The van der Waals surface area contributed by atoms with E-state index in [-0.39, 0.29) is 0 Å². The van der Waals surface area contributed by atoms with E-state index in [1.54, 1.807) is 11.8 Å². The fourth-order valence-corrected chi connectivity index (χ4v) is 4.25. The maximum Gasteiger partial charge on any atom is 0.122 e. The number of rotatable bonds is 4. The standard InChI is InChI=1S/C23H17N3S/c1-2-7-17(8-3-1)16-27-23-22-15-21(25-26(22)14-13-24-23)20-12-6-10-18-9-4-5-11-19(18)20/h1-15H,16H2. The second-order valence-corrected chi connectivity index (χ2v) is 7.36. The monoisotopic (exact) mass is 367 g/mol. The van der Waals surface area contributed by atoms with E-state index in [0.717, 1.165) is 27.6 Å². The largest absolute Gasteiger partial charge is 0.246 e. The van der Waals surface area contributed by atoms with Crippen LogP contribution in [0.25, 0.3) is 27.5 Å². The quantitative estimate of drug-likeness (QED) is 0.374. The van der Waals surface area contributed by atoms with Gasteiger partial charge in [0.1, 0.15) is 5.03 Å². The van der Waals surface area contributed by atoms with Crippen molar-refractivity contribution in [1.82, 2.24) is 14.6 Å². The number of fused-ring (bicyclic) bond motifs is 2. The average Bonchev–Trinajstić information content (AvgIpc) is 3.17. The van der Waals surface area contributed by atoms with Gasteiger partial charge in [0.2, 0.25) is 0 Å². The minimum Gasteiger partial charge on any atom is -0.246 e. The number of hydrogen-bond donors (Lipinski definition) is 0. The summed E-state index contributed by atoms with van der Waals surface area (Å²) < 4.78 is 1.93. The Bertz CT molecular complexity index is 1220. The molecule has 130 valence electrons. The summed E-state index contributed by atoms with van der Waals surface area (Å²) in [5.74, 6) is 0.891. The molecule has 5 aromatic rings. The van der Waals surface area contributed by atoms with E-state index in [9.17, 15) is 0 Å². The van der Waals surface area contributed by atoms with Gasteiger partial charge in [0.25, 0.3) is 0 Å². The molecular weight excluding hydrogens is 350 g/mol. The lowest BCUT2D eigenvalue weighted by Crippen LogP contribution is -1.91. The molecule has 0 aliphatic heterocycles. The highest BCUT2D eigenvalue weighted by Gasteiger charge is 2.11. The van der Waals surface area contributed by atoms with Crippen molar-refractivity contribution in [1.29, 1.82) is 0 Å². The molecule has 0 aliphatic rings. The smallest absolute Gasteiger partial charge is 0.122 e. The normalized spacial score (nSPS) is 11.3. The Labute approximate surface area is 161 Å². The van der Waals surface area contributed by atoms with Gasteiger partial charge in [-0.25, -0.2) is 9.50 Å². The molecular formula is C23H17N3S. The van der Waals surface area contributed by atoms with Crippen LogP contribution < -0.4 is 0 Å². The number of thioether (sulfide) groups is 1. The van der Waals surface area contributed by atoms with E-state index in [2.05, 4.69) is 77.8 Å². The Morgan fingerprint density at radius 3 is 2.59 bits per heavy atom. The van der Waals surface area contributed by atoms with Gasteiger partial charge in [-0.2, -0.15) is 5.10 Å². The molecule has 0 atom stereocenters. The average molecular weight is 367 g/mol. The molecule has 0 spiro atoms. The Morgan fingerprint density at radius 1 is 0.852 bits per heavy atom. The summed E-state index contributed by atoms with van der Waals surface area (Å²) in [4.78, 5) is 4.59. The zero-order chi connectivity index (χ0) is 18.1. The lowest BCUT2D eigenvalue weighted by Gasteiger charge is -2.02. The minimum absolute atomic E-state index is 0.891. The summed E-state index contributed by atoms with van der Waals surface area (Å²) in [6, 6.07) is 27.4. The summed E-state index contributed by atoms with van der Waals surface area (Å²) in [7, 11) is 0. The van der Waals surface area contributed by atoms with Crippen LogP contribution in [0.3, 0.4) is 0 Å². The molecule has 0 N–H and O–H groups in total. The van der Waals surface area contributed by atoms with Crippen molar-refractivity contribution in [3.63, 3.8) is 0 Å². The van der Waals surface area contributed by atoms with Gasteiger partial charge in [-0.3, -0.25) is 0 Å². The molecule has 4 heteroatoms. The molecule has 0 saturated heterocycles. The maximum atomic E-state index is 4.81. The van der Waals surface area contributed by atoms with Crippen LogP contribution in [-0.4, -0.2) is 14.6 Å². The van der Waals surface area contributed by atoms with Crippen LogP contribution in [0, 0.1) is 0 Å². The van der Waals surface area contributed by atoms with E-state index in [1.807, 2.05) is 23.0 Å². The van der Waals surface area contributed by atoms with Gasteiger partial charge >= 0.3 is 0 Å². The van der Waals surface area contributed by atoms with Crippen LogP contribution in [0.15, 0.2) is 96.3 Å². The number of benzene rings is 3. The molecule has 0 aliphatic carbocycles. The SMILES string of the molecule is c1ccc(CSc2nccn3nc(-c4cccc5ccccc45)cc23)cc1. The molecule has 3 aromatic carbocycles. The minimum atomic E-state index is 0.891. The predicted octanol–water partition coefficient (Wildman–Crippen LogP) is 5.84. The van der Waals surface area contributed by atoms with Crippen molar-refractivity contribution in [2.24, 2.45) is 0 Å². The Kier molecular flexibility index (Phi) is 4.11. The summed E-state index contributed by atoms with van der Waals surface area (Å²) in [6.45, 7) is 0. The van der Waals surface area contributed by atoms with Crippen molar-refractivity contribution in [3.05, 3.63) is 96.8 Å². The van der Waals surface area contributed by atoms with Crippen molar-refractivity contribution in [3.8, 4) is 11.3 Å². The molecule has 0 fully saturated rings. The first kappa shape index (κ1) is 16.1. The van der Waals surface area contributed by atoms with Gasteiger partial charge in [0.05, 0.1) is 11.2 Å². The fourth-order valence-electron chi connectivity index (χ4n) is 3.32. The summed E-state index contributed by atoms with van der Waals surface area (Å²) in [5.41, 5.74) is 4.46. The third kappa shape index (κ3) is 3.09. The van der Waals surface area contributed by atoms with Crippen molar-refractivity contribution >= 4 is 28.1 Å².